The van der Waals surface area contributed by atoms with Crippen molar-refractivity contribution in [2.75, 3.05) is 12.4 Å². The van der Waals surface area contributed by atoms with Crippen molar-refractivity contribution in [3.05, 3.63) is 40.0 Å². The van der Waals surface area contributed by atoms with Crippen LogP contribution in [0.15, 0.2) is 22.7 Å². The first-order chi connectivity index (χ1) is 9.55. The minimum atomic E-state index is -0.644. The maximum Gasteiger partial charge on any atom is 0.162 e. The lowest BCUT2D eigenvalue weighted by Crippen LogP contribution is -2.03. The second-order valence-electron chi connectivity index (χ2n) is 4.31. The van der Waals surface area contributed by atoms with Gasteiger partial charge in [-0.15, -0.1) is 0 Å². The van der Waals surface area contributed by atoms with Crippen molar-refractivity contribution in [1.82, 2.24) is 9.97 Å². The van der Waals surface area contributed by atoms with E-state index in [-0.39, 0.29) is 0 Å². The van der Waals surface area contributed by atoms with Gasteiger partial charge >= 0.3 is 0 Å². The first-order valence-corrected chi connectivity index (χ1v) is 7.05. The Bertz CT molecular complexity index is 612. The predicted molar refractivity (Wildman–Crippen MR) is 78.6 cm³/mol. The summed E-state index contributed by atoms with van der Waals surface area (Å²) in [4.78, 5) is 8.68. The highest BCUT2D eigenvalue weighted by atomic mass is 79.9. The molecule has 0 atom stereocenters. The van der Waals surface area contributed by atoms with E-state index >= 15 is 0 Å². The Morgan fingerprint density at radius 2 is 1.80 bits per heavy atom. The van der Waals surface area contributed by atoms with Gasteiger partial charge in [0.25, 0.3) is 0 Å². The Kier molecular flexibility index (Phi) is 4.65. The van der Waals surface area contributed by atoms with Crippen LogP contribution in [0.2, 0.25) is 0 Å². The number of nitrogens with one attached hydrogen (secondary N) is 1. The van der Waals surface area contributed by atoms with Gasteiger partial charge in [0.1, 0.15) is 17.5 Å². The number of aryl methyl sites for hydroxylation is 1. The summed E-state index contributed by atoms with van der Waals surface area (Å²) in [6, 6.07) is 3.28. The van der Waals surface area contributed by atoms with Gasteiger partial charge in [0.15, 0.2) is 5.82 Å². The van der Waals surface area contributed by atoms with Crippen LogP contribution in [-0.2, 0) is 6.42 Å². The number of hydrogen-bond acceptors (Lipinski definition) is 3. The van der Waals surface area contributed by atoms with Crippen LogP contribution < -0.4 is 5.32 Å². The standard InChI is InChI=1S/C14H14BrF2N3/c1-3-4-11-12(15)14(18-2)20-13(19-11)8-5-9(16)7-10(17)6-8/h5-7H,3-4H2,1-2H3,(H,18,19,20). The lowest BCUT2D eigenvalue weighted by Gasteiger charge is -2.11. The summed E-state index contributed by atoms with van der Waals surface area (Å²) in [5.41, 5.74) is 1.13. The number of benzene rings is 1. The smallest absolute Gasteiger partial charge is 0.162 e. The van der Waals surface area contributed by atoms with Crippen molar-refractivity contribution in [3.63, 3.8) is 0 Å². The molecule has 0 fully saturated rings. The van der Waals surface area contributed by atoms with Crippen LogP contribution in [0, 0.1) is 11.6 Å². The summed E-state index contributed by atoms with van der Waals surface area (Å²) < 4.78 is 27.4. The summed E-state index contributed by atoms with van der Waals surface area (Å²) in [5, 5.41) is 2.95. The van der Waals surface area contributed by atoms with Crippen molar-refractivity contribution in [2.24, 2.45) is 0 Å². The minimum absolute atomic E-state index is 0.305. The molecule has 0 saturated carbocycles. The van der Waals surface area contributed by atoms with E-state index in [4.69, 9.17) is 0 Å². The van der Waals surface area contributed by atoms with E-state index in [2.05, 4.69) is 31.2 Å². The normalized spacial score (nSPS) is 10.7. The van der Waals surface area contributed by atoms with Gasteiger partial charge in [-0.2, -0.15) is 0 Å². The van der Waals surface area contributed by atoms with E-state index in [0.29, 0.717) is 17.2 Å². The molecule has 0 radical (unpaired) electrons. The van der Waals surface area contributed by atoms with E-state index in [9.17, 15) is 8.78 Å². The third-order valence-electron chi connectivity index (χ3n) is 2.76. The van der Waals surface area contributed by atoms with E-state index in [1.54, 1.807) is 7.05 Å². The maximum absolute atomic E-state index is 13.3. The van der Waals surface area contributed by atoms with Crippen LogP contribution in [0.1, 0.15) is 19.0 Å². The molecule has 0 saturated heterocycles. The van der Waals surface area contributed by atoms with Crippen molar-refractivity contribution in [1.29, 1.82) is 0 Å². The Hall–Kier alpha value is -1.56. The molecule has 1 aromatic heterocycles. The van der Waals surface area contributed by atoms with E-state index < -0.39 is 11.6 Å². The summed E-state index contributed by atoms with van der Waals surface area (Å²) >= 11 is 3.44. The topological polar surface area (TPSA) is 37.8 Å². The van der Waals surface area contributed by atoms with Crippen molar-refractivity contribution in [2.45, 2.75) is 19.8 Å². The first-order valence-electron chi connectivity index (χ1n) is 6.25. The molecular weight excluding hydrogens is 328 g/mol. The fraction of sp³-hybridized carbons (Fsp3) is 0.286. The molecule has 0 bridgehead atoms. The average Bonchev–Trinajstić information content (AvgIpc) is 2.40. The molecule has 1 aromatic carbocycles. The molecule has 106 valence electrons. The fourth-order valence-corrected chi connectivity index (χ4v) is 2.45. The summed E-state index contributed by atoms with van der Waals surface area (Å²) in [6.07, 6.45) is 1.66. The second kappa shape index (κ2) is 6.26. The number of aromatic nitrogens is 2. The van der Waals surface area contributed by atoms with Gasteiger partial charge in [-0.25, -0.2) is 18.7 Å². The molecule has 2 rings (SSSR count). The van der Waals surface area contributed by atoms with Gasteiger partial charge < -0.3 is 5.32 Å². The van der Waals surface area contributed by atoms with Gasteiger partial charge in [0, 0.05) is 18.7 Å². The number of hydrogen-bond donors (Lipinski definition) is 1. The summed E-state index contributed by atoms with van der Waals surface area (Å²) in [7, 11) is 1.73. The molecule has 1 N–H and O–H groups in total. The zero-order valence-corrected chi connectivity index (χ0v) is 12.8. The maximum atomic E-state index is 13.3. The van der Waals surface area contributed by atoms with Gasteiger partial charge in [-0.1, -0.05) is 13.3 Å². The molecule has 2 aromatic rings. The van der Waals surface area contributed by atoms with Crippen LogP contribution in [0.4, 0.5) is 14.6 Å². The van der Waals surface area contributed by atoms with Gasteiger partial charge in [0.2, 0.25) is 0 Å². The highest BCUT2D eigenvalue weighted by Gasteiger charge is 2.13. The van der Waals surface area contributed by atoms with E-state index in [1.807, 2.05) is 6.92 Å². The highest BCUT2D eigenvalue weighted by molar-refractivity contribution is 9.10. The molecule has 0 aliphatic heterocycles. The van der Waals surface area contributed by atoms with Crippen LogP contribution in [0.5, 0.6) is 0 Å². The van der Waals surface area contributed by atoms with E-state index in [1.165, 1.54) is 12.1 Å². The Morgan fingerprint density at radius 3 is 2.35 bits per heavy atom. The highest BCUT2D eigenvalue weighted by Crippen LogP contribution is 2.28. The number of halogens is 3. The molecule has 0 aliphatic carbocycles. The van der Waals surface area contributed by atoms with E-state index in [0.717, 1.165) is 29.1 Å². The van der Waals surface area contributed by atoms with Crippen molar-refractivity contribution < 1.29 is 8.78 Å². The van der Waals surface area contributed by atoms with Gasteiger partial charge in [-0.3, -0.25) is 0 Å². The summed E-state index contributed by atoms with van der Waals surface area (Å²) in [6.45, 7) is 2.04. The molecule has 0 spiro atoms. The first kappa shape index (κ1) is 14.8. The molecular formula is C14H14BrF2N3. The minimum Gasteiger partial charge on any atom is -0.372 e. The molecule has 0 unspecified atom stereocenters. The Labute approximate surface area is 124 Å². The van der Waals surface area contributed by atoms with Crippen LogP contribution in [-0.4, -0.2) is 17.0 Å². The lowest BCUT2D eigenvalue weighted by atomic mass is 10.2. The zero-order chi connectivity index (χ0) is 14.7. The average molecular weight is 342 g/mol. The quantitative estimate of drug-likeness (QED) is 0.906. The van der Waals surface area contributed by atoms with Gasteiger partial charge in [-0.05, 0) is 34.5 Å². The molecule has 1 heterocycles. The number of rotatable bonds is 4. The van der Waals surface area contributed by atoms with Crippen molar-refractivity contribution >= 4 is 21.7 Å². The Morgan fingerprint density at radius 1 is 1.15 bits per heavy atom. The third-order valence-corrected chi connectivity index (χ3v) is 3.60. The van der Waals surface area contributed by atoms with Crippen molar-refractivity contribution in [3.8, 4) is 11.4 Å². The predicted octanol–water partition coefficient (Wildman–Crippen LogP) is 4.18. The lowest BCUT2D eigenvalue weighted by molar-refractivity contribution is 0.584. The van der Waals surface area contributed by atoms with Crippen LogP contribution in [0.25, 0.3) is 11.4 Å². The van der Waals surface area contributed by atoms with Crippen LogP contribution in [0.3, 0.4) is 0 Å². The Balaban J connectivity index is 2.58. The monoisotopic (exact) mass is 341 g/mol. The molecule has 3 nitrogen and oxygen atoms in total. The molecule has 0 aliphatic rings. The fourth-order valence-electron chi connectivity index (χ4n) is 1.87. The van der Waals surface area contributed by atoms with Crippen LogP contribution >= 0.6 is 15.9 Å². The molecule has 20 heavy (non-hydrogen) atoms. The molecule has 0 amide bonds. The second-order valence-corrected chi connectivity index (χ2v) is 5.11. The largest absolute Gasteiger partial charge is 0.372 e. The summed E-state index contributed by atoms with van der Waals surface area (Å²) in [5.74, 6) is -0.383. The molecule has 6 heteroatoms. The number of anilines is 1. The number of nitrogens with zero attached hydrogens (tertiary/aromatic N) is 2. The zero-order valence-electron chi connectivity index (χ0n) is 11.2. The SMILES string of the molecule is CCCc1nc(-c2cc(F)cc(F)c2)nc(NC)c1Br. The van der Waals surface area contributed by atoms with Gasteiger partial charge in [0.05, 0.1) is 10.2 Å². The third kappa shape index (κ3) is 3.12.